The van der Waals surface area contributed by atoms with Gasteiger partial charge in [-0.25, -0.2) is 0 Å². The average molecular weight is 289 g/mol. The molecule has 0 spiro atoms. The molecule has 0 amide bonds. The second kappa shape index (κ2) is 4.56. The summed E-state index contributed by atoms with van der Waals surface area (Å²) in [5.41, 5.74) is 6.95. The Balaban J connectivity index is 1.84. The van der Waals surface area contributed by atoms with Crippen LogP contribution in [0.1, 0.15) is 17.5 Å². The fourth-order valence-corrected chi connectivity index (χ4v) is 4.14. The van der Waals surface area contributed by atoms with Gasteiger partial charge in [0.05, 0.1) is 5.92 Å². The highest BCUT2D eigenvalue weighted by Crippen LogP contribution is 2.64. The Morgan fingerprint density at radius 1 is 1.38 bits per heavy atom. The summed E-state index contributed by atoms with van der Waals surface area (Å²) < 4.78 is 0. The number of rotatable bonds is 4. The lowest BCUT2D eigenvalue weighted by Gasteiger charge is -2.31. The molecule has 0 aliphatic heterocycles. The molecule has 0 bridgehead atoms. The monoisotopic (exact) mass is 289 g/mol. The highest BCUT2D eigenvalue weighted by Gasteiger charge is 2.73. The molecule has 4 unspecified atom stereocenters. The van der Waals surface area contributed by atoms with E-state index in [2.05, 4.69) is 0 Å². The van der Waals surface area contributed by atoms with E-state index in [9.17, 15) is 14.7 Å². The Morgan fingerprint density at radius 3 is 2.67 bits per heavy atom. The van der Waals surface area contributed by atoms with Gasteiger partial charge in [-0.3, -0.25) is 9.59 Å². The molecular formula is C16H19NO4. The van der Waals surface area contributed by atoms with E-state index in [1.54, 1.807) is 0 Å². The van der Waals surface area contributed by atoms with Gasteiger partial charge < -0.3 is 15.9 Å². The van der Waals surface area contributed by atoms with Gasteiger partial charge in [-0.2, -0.15) is 0 Å². The minimum atomic E-state index is -1.42. The second-order valence-electron chi connectivity index (χ2n) is 6.42. The third kappa shape index (κ3) is 2.03. The van der Waals surface area contributed by atoms with Crippen LogP contribution in [-0.2, 0) is 16.0 Å². The molecular weight excluding hydrogens is 270 g/mol. The molecule has 5 heteroatoms. The maximum Gasteiger partial charge on any atom is 0.324 e. The molecule has 0 heterocycles. The lowest BCUT2D eigenvalue weighted by atomic mass is 9.78. The van der Waals surface area contributed by atoms with E-state index < -0.39 is 29.3 Å². The summed E-state index contributed by atoms with van der Waals surface area (Å²) >= 11 is 0. The van der Waals surface area contributed by atoms with Gasteiger partial charge in [0.2, 0.25) is 0 Å². The van der Waals surface area contributed by atoms with Crippen LogP contribution in [0.25, 0.3) is 0 Å². The smallest absolute Gasteiger partial charge is 0.324 e. The van der Waals surface area contributed by atoms with Gasteiger partial charge in [-0.15, -0.1) is 0 Å². The highest BCUT2D eigenvalue weighted by molar-refractivity contribution is 5.85. The first-order valence-electron chi connectivity index (χ1n) is 7.16. The third-order valence-electron chi connectivity index (χ3n) is 5.17. The number of carboxylic acid groups (broad SMARTS) is 2. The van der Waals surface area contributed by atoms with Crippen molar-refractivity contribution in [1.82, 2.24) is 0 Å². The SMILES string of the molecule is Cc1cccc(CC2CC3C([C@H]3C(=O)O)C2(N)C(=O)O)c1. The van der Waals surface area contributed by atoms with Crippen molar-refractivity contribution >= 4 is 11.9 Å². The number of carboxylic acids is 2. The summed E-state index contributed by atoms with van der Waals surface area (Å²) in [7, 11) is 0. The molecule has 0 saturated heterocycles. The predicted molar refractivity (Wildman–Crippen MR) is 75.7 cm³/mol. The lowest BCUT2D eigenvalue weighted by molar-refractivity contribution is -0.147. The number of hydrogen-bond donors (Lipinski definition) is 3. The predicted octanol–water partition coefficient (Wildman–Crippen LogP) is 1.29. The van der Waals surface area contributed by atoms with Crippen molar-refractivity contribution in [2.75, 3.05) is 0 Å². The van der Waals surface area contributed by atoms with E-state index >= 15 is 0 Å². The number of nitrogens with two attached hydrogens (primary N) is 1. The number of benzene rings is 1. The van der Waals surface area contributed by atoms with Crippen molar-refractivity contribution in [2.45, 2.75) is 25.3 Å². The van der Waals surface area contributed by atoms with Crippen molar-refractivity contribution in [3.05, 3.63) is 35.4 Å². The molecule has 5 nitrogen and oxygen atoms in total. The zero-order valence-electron chi connectivity index (χ0n) is 11.8. The van der Waals surface area contributed by atoms with Crippen LogP contribution in [-0.4, -0.2) is 27.7 Å². The molecule has 2 aliphatic rings. The average Bonchev–Trinajstić information content (AvgIpc) is 3.04. The van der Waals surface area contributed by atoms with E-state index in [0.717, 1.165) is 11.1 Å². The summed E-state index contributed by atoms with van der Waals surface area (Å²) in [5.74, 6) is -3.30. The first-order chi connectivity index (χ1) is 9.85. The number of hydrogen-bond acceptors (Lipinski definition) is 3. The standard InChI is InChI=1S/C16H19NO4/c1-8-3-2-4-9(5-8)6-10-7-11-12(14(18)19)13(11)16(10,17)15(20)21/h2-5,10-13H,6-7,17H2,1H3,(H,18,19)(H,20,21)/t10?,11?,12-,13?,16?/m0/s1. The van der Waals surface area contributed by atoms with E-state index in [4.69, 9.17) is 10.8 Å². The van der Waals surface area contributed by atoms with Crippen LogP contribution in [0, 0.1) is 30.6 Å². The molecule has 4 N–H and O–H groups in total. The summed E-state index contributed by atoms with van der Waals surface area (Å²) in [5, 5.41) is 18.7. The molecule has 2 aliphatic carbocycles. The Hall–Kier alpha value is -1.88. The summed E-state index contributed by atoms with van der Waals surface area (Å²) in [6.07, 6.45) is 1.17. The molecule has 0 aromatic heterocycles. The highest BCUT2D eigenvalue weighted by atomic mass is 16.4. The van der Waals surface area contributed by atoms with Gasteiger partial charge in [0.1, 0.15) is 5.54 Å². The molecule has 1 aromatic rings. The first kappa shape index (κ1) is 14.1. The van der Waals surface area contributed by atoms with E-state index in [1.807, 2.05) is 31.2 Å². The van der Waals surface area contributed by atoms with Crippen LogP contribution < -0.4 is 5.73 Å². The van der Waals surface area contributed by atoms with E-state index in [0.29, 0.717) is 12.8 Å². The van der Waals surface area contributed by atoms with Crippen LogP contribution >= 0.6 is 0 Å². The van der Waals surface area contributed by atoms with Crippen LogP contribution in [0.5, 0.6) is 0 Å². The Bertz CT molecular complexity index is 614. The summed E-state index contributed by atoms with van der Waals surface area (Å²) in [6.45, 7) is 1.99. The molecule has 2 fully saturated rings. The molecule has 3 rings (SSSR count). The maximum atomic E-state index is 11.7. The van der Waals surface area contributed by atoms with Crippen LogP contribution in [0.15, 0.2) is 24.3 Å². The molecule has 1 aromatic carbocycles. The zero-order valence-corrected chi connectivity index (χ0v) is 11.8. The fraction of sp³-hybridized carbons (Fsp3) is 0.500. The molecule has 21 heavy (non-hydrogen) atoms. The summed E-state index contributed by atoms with van der Waals surface area (Å²) in [6, 6.07) is 7.93. The zero-order chi connectivity index (χ0) is 15.4. The van der Waals surface area contributed by atoms with Gasteiger partial charge in [0, 0.05) is 5.92 Å². The number of aryl methyl sites for hydroxylation is 1. The summed E-state index contributed by atoms with van der Waals surface area (Å²) in [4.78, 5) is 22.8. The van der Waals surface area contributed by atoms with Crippen LogP contribution in [0.3, 0.4) is 0 Å². The Morgan fingerprint density at radius 2 is 2.10 bits per heavy atom. The van der Waals surface area contributed by atoms with Crippen molar-refractivity contribution in [3.8, 4) is 0 Å². The van der Waals surface area contributed by atoms with Crippen LogP contribution in [0.4, 0.5) is 0 Å². The van der Waals surface area contributed by atoms with Gasteiger partial charge in [-0.05, 0) is 37.2 Å². The lowest BCUT2D eigenvalue weighted by Crippen LogP contribution is -2.55. The fourth-order valence-electron chi connectivity index (χ4n) is 4.14. The largest absolute Gasteiger partial charge is 0.481 e. The first-order valence-corrected chi connectivity index (χ1v) is 7.16. The van der Waals surface area contributed by atoms with Gasteiger partial charge in [0.15, 0.2) is 0 Å². The topological polar surface area (TPSA) is 101 Å². The van der Waals surface area contributed by atoms with Crippen LogP contribution in [0.2, 0.25) is 0 Å². The molecule has 5 atom stereocenters. The van der Waals surface area contributed by atoms with Crippen molar-refractivity contribution in [2.24, 2.45) is 29.4 Å². The number of carbonyl (C=O) groups is 2. The van der Waals surface area contributed by atoms with Gasteiger partial charge in [-0.1, -0.05) is 29.8 Å². The van der Waals surface area contributed by atoms with E-state index in [-0.39, 0.29) is 11.8 Å². The molecule has 112 valence electrons. The maximum absolute atomic E-state index is 11.7. The molecule has 2 saturated carbocycles. The number of fused-ring (bicyclic) bond motifs is 1. The Labute approximate surface area is 122 Å². The van der Waals surface area contributed by atoms with Crippen molar-refractivity contribution in [1.29, 1.82) is 0 Å². The Kier molecular flexibility index (Phi) is 3.06. The van der Waals surface area contributed by atoms with Gasteiger partial charge >= 0.3 is 11.9 Å². The second-order valence-corrected chi connectivity index (χ2v) is 6.42. The number of aliphatic carboxylic acids is 2. The van der Waals surface area contributed by atoms with Gasteiger partial charge in [0.25, 0.3) is 0 Å². The normalized spacial score (nSPS) is 37.0. The van der Waals surface area contributed by atoms with Crippen molar-refractivity contribution in [3.63, 3.8) is 0 Å². The quantitative estimate of drug-likeness (QED) is 0.775. The third-order valence-corrected chi connectivity index (χ3v) is 5.17. The molecule has 0 radical (unpaired) electrons. The van der Waals surface area contributed by atoms with Crippen molar-refractivity contribution < 1.29 is 19.8 Å². The minimum absolute atomic E-state index is 0.0848. The minimum Gasteiger partial charge on any atom is -0.481 e. The van der Waals surface area contributed by atoms with E-state index in [1.165, 1.54) is 0 Å².